The molecule has 0 aromatic heterocycles. The first-order valence-corrected chi connectivity index (χ1v) is 10.2. The summed E-state index contributed by atoms with van der Waals surface area (Å²) in [4.78, 5) is 24.1. The molecule has 6 nitrogen and oxygen atoms in total. The number of urea groups is 1. The summed E-state index contributed by atoms with van der Waals surface area (Å²) in [6.07, 6.45) is 7.17. The van der Waals surface area contributed by atoms with Crippen molar-refractivity contribution in [2.75, 3.05) is 18.5 Å². The smallest absolute Gasteiger partial charge is 0.319 e. The Balaban J connectivity index is 1.39. The largest absolute Gasteiger partial charge is 0.376 e. The van der Waals surface area contributed by atoms with E-state index in [9.17, 15) is 9.59 Å². The average molecular weight is 394 g/mol. The Morgan fingerprint density at radius 3 is 2.67 bits per heavy atom. The molecular weight excluding hydrogens is 366 g/mol. The molecule has 3 N–H and O–H groups in total. The quantitative estimate of drug-likeness (QED) is 0.613. The molecule has 0 bridgehead atoms. The Labute approximate surface area is 165 Å². The van der Waals surface area contributed by atoms with Crippen LogP contribution in [0.2, 0.25) is 5.02 Å². The van der Waals surface area contributed by atoms with Gasteiger partial charge in [0.15, 0.2) is 0 Å². The van der Waals surface area contributed by atoms with Crippen LogP contribution in [0.15, 0.2) is 18.2 Å². The second-order valence-electron chi connectivity index (χ2n) is 7.49. The molecule has 7 heteroatoms. The number of amides is 3. The fraction of sp³-hybridized carbons (Fsp3) is 0.600. The molecule has 2 atom stereocenters. The van der Waals surface area contributed by atoms with Crippen molar-refractivity contribution in [2.45, 2.75) is 57.6 Å². The van der Waals surface area contributed by atoms with E-state index in [2.05, 4.69) is 22.9 Å². The SMILES string of the molecule is C[C@@H]1CCCC[C@H]1OCCNC(=O)Nc1ccc(C(=O)NC2CC2)c(Cl)c1. The van der Waals surface area contributed by atoms with Gasteiger partial charge in [0.2, 0.25) is 0 Å². The molecule has 1 aromatic carbocycles. The summed E-state index contributed by atoms with van der Waals surface area (Å²) < 4.78 is 5.89. The van der Waals surface area contributed by atoms with E-state index in [1.54, 1.807) is 18.2 Å². The lowest BCUT2D eigenvalue weighted by molar-refractivity contribution is -0.00232. The van der Waals surface area contributed by atoms with Crippen molar-refractivity contribution in [3.63, 3.8) is 0 Å². The van der Waals surface area contributed by atoms with Crippen molar-refractivity contribution in [1.29, 1.82) is 0 Å². The number of hydrogen-bond donors (Lipinski definition) is 3. The minimum Gasteiger partial charge on any atom is -0.376 e. The van der Waals surface area contributed by atoms with Crippen molar-refractivity contribution >= 4 is 29.2 Å². The van der Waals surface area contributed by atoms with Crippen LogP contribution in [-0.2, 0) is 4.74 Å². The Kier molecular flexibility index (Phi) is 6.96. The minimum atomic E-state index is -0.318. The van der Waals surface area contributed by atoms with E-state index in [1.165, 1.54) is 19.3 Å². The molecule has 1 aromatic rings. The van der Waals surface area contributed by atoms with Crippen molar-refractivity contribution in [3.05, 3.63) is 28.8 Å². The summed E-state index contributed by atoms with van der Waals surface area (Å²) in [5, 5.41) is 8.73. The van der Waals surface area contributed by atoms with E-state index >= 15 is 0 Å². The Hall–Kier alpha value is -1.79. The second kappa shape index (κ2) is 9.42. The van der Waals surface area contributed by atoms with Crippen LogP contribution in [0.3, 0.4) is 0 Å². The lowest BCUT2D eigenvalue weighted by Gasteiger charge is -2.28. The zero-order valence-corrected chi connectivity index (χ0v) is 16.5. The number of carbonyl (C=O) groups excluding carboxylic acids is 2. The van der Waals surface area contributed by atoms with Gasteiger partial charge >= 0.3 is 6.03 Å². The Morgan fingerprint density at radius 1 is 1.19 bits per heavy atom. The molecule has 3 amide bonds. The molecule has 148 valence electrons. The molecule has 3 rings (SSSR count). The maximum Gasteiger partial charge on any atom is 0.319 e. The second-order valence-corrected chi connectivity index (χ2v) is 7.90. The number of rotatable bonds is 7. The molecule has 2 aliphatic carbocycles. The summed E-state index contributed by atoms with van der Waals surface area (Å²) in [5.74, 6) is 0.415. The van der Waals surface area contributed by atoms with Crippen LogP contribution in [0.4, 0.5) is 10.5 Å². The van der Waals surface area contributed by atoms with Gasteiger partial charge in [-0.25, -0.2) is 4.79 Å². The van der Waals surface area contributed by atoms with Gasteiger partial charge in [-0.05, 0) is 49.8 Å². The normalized spacial score (nSPS) is 22.1. The fourth-order valence-electron chi connectivity index (χ4n) is 3.35. The highest BCUT2D eigenvalue weighted by molar-refractivity contribution is 6.34. The molecule has 0 aliphatic heterocycles. The molecule has 27 heavy (non-hydrogen) atoms. The van der Waals surface area contributed by atoms with E-state index < -0.39 is 0 Å². The summed E-state index contributed by atoms with van der Waals surface area (Å²) in [6.45, 7) is 3.18. The van der Waals surface area contributed by atoms with Gasteiger partial charge < -0.3 is 20.7 Å². The molecule has 2 saturated carbocycles. The number of anilines is 1. The number of ether oxygens (including phenoxy) is 1. The van der Waals surface area contributed by atoms with Gasteiger partial charge in [-0.3, -0.25) is 4.79 Å². The van der Waals surface area contributed by atoms with Gasteiger partial charge in [0.05, 0.1) is 23.3 Å². The number of benzene rings is 1. The maximum atomic E-state index is 12.1. The third kappa shape index (κ3) is 6.11. The Bertz CT molecular complexity index is 678. The van der Waals surface area contributed by atoms with E-state index in [1.807, 2.05) is 0 Å². The highest BCUT2D eigenvalue weighted by Crippen LogP contribution is 2.26. The van der Waals surface area contributed by atoms with Crippen LogP contribution < -0.4 is 16.0 Å². The molecule has 0 unspecified atom stereocenters. The molecule has 0 radical (unpaired) electrons. The number of nitrogens with one attached hydrogen (secondary N) is 3. The van der Waals surface area contributed by atoms with Crippen molar-refractivity contribution in [3.8, 4) is 0 Å². The predicted octanol–water partition coefficient (Wildman–Crippen LogP) is 3.95. The lowest BCUT2D eigenvalue weighted by Crippen LogP contribution is -2.34. The first kappa shape index (κ1) is 20.0. The lowest BCUT2D eigenvalue weighted by atomic mass is 9.88. The molecule has 0 heterocycles. The van der Waals surface area contributed by atoms with Gasteiger partial charge in [0, 0.05) is 18.3 Å². The number of carbonyl (C=O) groups is 2. The number of hydrogen-bond acceptors (Lipinski definition) is 3. The highest BCUT2D eigenvalue weighted by atomic mass is 35.5. The zero-order valence-electron chi connectivity index (χ0n) is 15.7. The van der Waals surface area contributed by atoms with E-state index in [4.69, 9.17) is 16.3 Å². The first-order valence-electron chi connectivity index (χ1n) is 9.80. The van der Waals surface area contributed by atoms with E-state index in [0.717, 1.165) is 19.3 Å². The molecule has 2 aliphatic rings. The van der Waals surface area contributed by atoms with Crippen LogP contribution in [0, 0.1) is 5.92 Å². The van der Waals surface area contributed by atoms with Crippen molar-refractivity contribution in [2.24, 2.45) is 5.92 Å². The monoisotopic (exact) mass is 393 g/mol. The Morgan fingerprint density at radius 2 is 1.96 bits per heavy atom. The van der Waals surface area contributed by atoms with Crippen LogP contribution in [0.25, 0.3) is 0 Å². The fourth-order valence-corrected chi connectivity index (χ4v) is 3.61. The summed E-state index contributed by atoms with van der Waals surface area (Å²) in [6, 6.07) is 4.84. The van der Waals surface area contributed by atoms with E-state index in [0.29, 0.717) is 41.4 Å². The summed E-state index contributed by atoms with van der Waals surface area (Å²) in [5.41, 5.74) is 0.965. The topological polar surface area (TPSA) is 79.5 Å². The molecule has 2 fully saturated rings. The van der Waals surface area contributed by atoms with Crippen molar-refractivity contribution < 1.29 is 14.3 Å². The van der Waals surface area contributed by atoms with Crippen LogP contribution in [-0.4, -0.2) is 37.2 Å². The van der Waals surface area contributed by atoms with Crippen LogP contribution in [0.5, 0.6) is 0 Å². The molecule has 0 saturated heterocycles. The van der Waals surface area contributed by atoms with Gasteiger partial charge in [0.1, 0.15) is 0 Å². The molecular formula is C20H28ClN3O3. The third-order valence-corrected chi connectivity index (χ3v) is 5.45. The van der Waals surface area contributed by atoms with Gasteiger partial charge in [0.25, 0.3) is 5.91 Å². The minimum absolute atomic E-state index is 0.174. The third-order valence-electron chi connectivity index (χ3n) is 5.14. The maximum absolute atomic E-state index is 12.1. The highest BCUT2D eigenvalue weighted by Gasteiger charge is 2.25. The van der Waals surface area contributed by atoms with Gasteiger partial charge in [-0.2, -0.15) is 0 Å². The van der Waals surface area contributed by atoms with Gasteiger partial charge in [-0.1, -0.05) is 31.4 Å². The van der Waals surface area contributed by atoms with Crippen LogP contribution >= 0.6 is 11.6 Å². The summed E-state index contributed by atoms with van der Waals surface area (Å²) >= 11 is 6.19. The van der Waals surface area contributed by atoms with Crippen molar-refractivity contribution in [1.82, 2.24) is 10.6 Å². The van der Waals surface area contributed by atoms with Crippen LogP contribution in [0.1, 0.15) is 55.8 Å². The summed E-state index contributed by atoms with van der Waals surface area (Å²) in [7, 11) is 0. The number of halogens is 1. The first-order chi connectivity index (χ1) is 13.0. The molecule has 0 spiro atoms. The van der Waals surface area contributed by atoms with E-state index in [-0.39, 0.29) is 18.0 Å². The average Bonchev–Trinajstić information content (AvgIpc) is 3.44. The standard InChI is InChI=1S/C20H28ClN3O3/c1-13-4-2-3-5-18(13)27-11-10-22-20(26)24-15-8-9-16(17(21)12-15)19(25)23-14-6-7-14/h8-9,12-14,18H,2-7,10-11H2,1H3,(H,23,25)(H2,22,24,26)/t13-,18-/m1/s1. The van der Waals surface area contributed by atoms with Gasteiger partial charge in [-0.15, -0.1) is 0 Å². The zero-order chi connectivity index (χ0) is 19.2. The predicted molar refractivity (Wildman–Crippen MR) is 106 cm³/mol.